The highest BCUT2D eigenvalue weighted by Crippen LogP contribution is 2.11. The first-order valence-electron chi connectivity index (χ1n) is 6.04. The lowest BCUT2D eigenvalue weighted by molar-refractivity contribution is -0.121. The van der Waals surface area contributed by atoms with Gasteiger partial charge in [-0.15, -0.1) is 0 Å². The molecular formula is C13H19ClN2O2. The van der Waals surface area contributed by atoms with Crippen molar-refractivity contribution in [1.29, 1.82) is 0 Å². The molecule has 0 fully saturated rings. The quantitative estimate of drug-likeness (QED) is 0.330. The Labute approximate surface area is 112 Å². The standard InChI is InChI=1S/C13H19ClN2O2/c14-12-6-4-5-11(9-12)10-18-8-3-1-2-7-13(17)16-15/h4-6,9H,1-3,7-8,10,15H2,(H,16,17). The Balaban J connectivity index is 2.00. The van der Waals surface area contributed by atoms with Crippen molar-refractivity contribution in [2.45, 2.75) is 32.3 Å². The van der Waals surface area contributed by atoms with Crippen LogP contribution >= 0.6 is 11.6 Å². The summed E-state index contributed by atoms with van der Waals surface area (Å²) in [5.41, 5.74) is 3.19. The number of hydrazine groups is 1. The molecule has 1 rings (SSSR count). The molecule has 0 aliphatic carbocycles. The third-order valence-corrected chi connectivity index (χ3v) is 2.75. The van der Waals surface area contributed by atoms with Gasteiger partial charge in [0.15, 0.2) is 0 Å². The molecule has 5 heteroatoms. The molecule has 0 aromatic heterocycles. The molecule has 0 aliphatic heterocycles. The van der Waals surface area contributed by atoms with Crippen molar-refractivity contribution in [2.24, 2.45) is 5.84 Å². The Kier molecular flexibility index (Phi) is 7.41. The number of hydrogen-bond acceptors (Lipinski definition) is 3. The zero-order chi connectivity index (χ0) is 13.2. The Hall–Kier alpha value is -1.10. The Morgan fingerprint density at radius 1 is 1.33 bits per heavy atom. The third-order valence-electron chi connectivity index (χ3n) is 2.51. The zero-order valence-corrected chi connectivity index (χ0v) is 11.1. The normalized spacial score (nSPS) is 10.3. The third kappa shape index (κ3) is 6.59. The molecule has 100 valence electrons. The molecule has 18 heavy (non-hydrogen) atoms. The molecule has 0 radical (unpaired) electrons. The fourth-order valence-corrected chi connectivity index (χ4v) is 1.77. The van der Waals surface area contributed by atoms with E-state index in [0.29, 0.717) is 19.6 Å². The van der Waals surface area contributed by atoms with E-state index < -0.39 is 0 Å². The van der Waals surface area contributed by atoms with E-state index in [2.05, 4.69) is 5.43 Å². The van der Waals surface area contributed by atoms with Gasteiger partial charge in [0, 0.05) is 18.1 Å². The number of unbranched alkanes of at least 4 members (excludes halogenated alkanes) is 2. The molecule has 0 unspecified atom stereocenters. The number of ether oxygens (including phenoxy) is 1. The molecule has 0 atom stereocenters. The van der Waals surface area contributed by atoms with Gasteiger partial charge >= 0.3 is 0 Å². The van der Waals surface area contributed by atoms with Gasteiger partial charge < -0.3 is 4.74 Å². The van der Waals surface area contributed by atoms with Crippen molar-refractivity contribution in [3.05, 3.63) is 34.9 Å². The summed E-state index contributed by atoms with van der Waals surface area (Å²) in [6.45, 7) is 1.26. The van der Waals surface area contributed by atoms with Gasteiger partial charge in [-0.3, -0.25) is 10.2 Å². The highest BCUT2D eigenvalue weighted by atomic mass is 35.5. The SMILES string of the molecule is NNC(=O)CCCCCOCc1cccc(Cl)c1. The molecule has 3 N–H and O–H groups in total. The molecule has 1 aromatic rings. The minimum atomic E-state index is -0.116. The summed E-state index contributed by atoms with van der Waals surface area (Å²) in [7, 11) is 0. The fraction of sp³-hybridized carbons (Fsp3) is 0.462. The number of hydrogen-bond donors (Lipinski definition) is 2. The van der Waals surface area contributed by atoms with Crippen LogP contribution in [0.3, 0.4) is 0 Å². The van der Waals surface area contributed by atoms with Crippen molar-refractivity contribution >= 4 is 17.5 Å². The molecule has 0 saturated carbocycles. The minimum absolute atomic E-state index is 0.116. The molecule has 0 aliphatic rings. The van der Waals surface area contributed by atoms with Crippen LogP contribution in [0.1, 0.15) is 31.2 Å². The van der Waals surface area contributed by atoms with Gasteiger partial charge in [-0.05, 0) is 30.5 Å². The van der Waals surface area contributed by atoms with Gasteiger partial charge in [-0.25, -0.2) is 5.84 Å². The first-order valence-corrected chi connectivity index (χ1v) is 6.42. The first-order chi connectivity index (χ1) is 8.72. The Morgan fingerprint density at radius 3 is 2.89 bits per heavy atom. The Morgan fingerprint density at radius 2 is 2.17 bits per heavy atom. The lowest BCUT2D eigenvalue weighted by atomic mass is 10.2. The Bertz CT molecular complexity index is 372. The molecule has 4 nitrogen and oxygen atoms in total. The second-order valence-electron chi connectivity index (χ2n) is 4.06. The largest absolute Gasteiger partial charge is 0.377 e. The molecular weight excluding hydrogens is 252 g/mol. The highest BCUT2D eigenvalue weighted by molar-refractivity contribution is 6.30. The zero-order valence-electron chi connectivity index (χ0n) is 10.3. The van der Waals surface area contributed by atoms with Gasteiger partial charge in [0.25, 0.3) is 0 Å². The number of carbonyl (C=O) groups is 1. The van der Waals surface area contributed by atoms with Gasteiger partial charge in [0.1, 0.15) is 0 Å². The topological polar surface area (TPSA) is 64.3 Å². The number of nitrogens with two attached hydrogens (primary N) is 1. The summed E-state index contributed by atoms with van der Waals surface area (Å²) >= 11 is 5.87. The van der Waals surface area contributed by atoms with Gasteiger partial charge in [-0.1, -0.05) is 30.2 Å². The number of nitrogens with one attached hydrogen (secondary N) is 1. The molecule has 0 spiro atoms. The van der Waals surface area contributed by atoms with Crippen molar-refractivity contribution in [1.82, 2.24) is 5.43 Å². The van der Waals surface area contributed by atoms with Crippen LogP contribution in [-0.2, 0) is 16.1 Å². The van der Waals surface area contributed by atoms with E-state index >= 15 is 0 Å². The number of halogens is 1. The summed E-state index contributed by atoms with van der Waals surface area (Å²) in [4.78, 5) is 10.8. The van der Waals surface area contributed by atoms with Crippen LogP contribution in [0.4, 0.5) is 0 Å². The maximum Gasteiger partial charge on any atom is 0.233 e. The fourth-order valence-electron chi connectivity index (χ4n) is 1.56. The number of rotatable bonds is 8. The van der Waals surface area contributed by atoms with Crippen LogP contribution in [0, 0.1) is 0 Å². The molecule has 1 aromatic carbocycles. The van der Waals surface area contributed by atoms with Crippen LogP contribution in [-0.4, -0.2) is 12.5 Å². The van der Waals surface area contributed by atoms with Crippen molar-refractivity contribution in [3.63, 3.8) is 0 Å². The number of amides is 1. The second-order valence-corrected chi connectivity index (χ2v) is 4.50. The van der Waals surface area contributed by atoms with Crippen LogP contribution in [0.25, 0.3) is 0 Å². The summed E-state index contributed by atoms with van der Waals surface area (Å²) < 4.78 is 5.52. The predicted octanol–water partition coefficient (Wildman–Crippen LogP) is 2.41. The van der Waals surface area contributed by atoms with Crippen LogP contribution in [0.15, 0.2) is 24.3 Å². The summed E-state index contributed by atoms with van der Waals surface area (Å²) in [5, 5.41) is 0.726. The maximum atomic E-state index is 10.8. The maximum absolute atomic E-state index is 10.8. The van der Waals surface area contributed by atoms with Crippen molar-refractivity contribution < 1.29 is 9.53 Å². The van der Waals surface area contributed by atoms with E-state index in [4.69, 9.17) is 22.2 Å². The lowest BCUT2D eigenvalue weighted by Gasteiger charge is -2.05. The van der Waals surface area contributed by atoms with E-state index in [1.54, 1.807) is 0 Å². The highest BCUT2D eigenvalue weighted by Gasteiger charge is 1.98. The molecule has 0 heterocycles. The second kappa shape index (κ2) is 8.91. The number of benzene rings is 1. The molecule has 0 saturated heterocycles. The van der Waals surface area contributed by atoms with Crippen LogP contribution in [0.2, 0.25) is 5.02 Å². The van der Waals surface area contributed by atoms with Crippen LogP contribution in [0.5, 0.6) is 0 Å². The summed E-state index contributed by atoms with van der Waals surface area (Å²) in [6.07, 6.45) is 3.22. The molecule has 0 bridgehead atoms. The van der Waals surface area contributed by atoms with Gasteiger partial charge in [0.05, 0.1) is 6.61 Å². The van der Waals surface area contributed by atoms with Gasteiger partial charge in [0.2, 0.25) is 5.91 Å². The van der Waals surface area contributed by atoms with E-state index in [0.717, 1.165) is 29.8 Å². The minimum Gasteiger partial charge on any atom is -0.377 e. The summed E-state index contributed by atoms with van der Waals surface area (Å²) in [5.74, 6) is 4.86. The van der Waals surface area contributed by atoms with Crippen molar-refractivity contribution in [2.75, 3.05) is 6.61 Å². The average Bonchev–Trinajstić information content (AvgIpc) is 2.37. The van der Waals surface area contributed by atoms with E-state index in [-0.39, 0.29) is 5.91 Å². The average molecular weight is 271 g/mol. The molecule has 1 amide bonds. The van der Waals surface area contributed by atoms with Crippen LogP contribution < -0.4 is 11.3 Å². The van der Waals surface area contributed by atoms with Crippen molar-refractivity contribution in [3.8, 4) is 0 Å². The number of carbonyl (C=O) groups excluding carboxylic acids is 1. The predicted molar refractivity (Wildman–Crippen MR) is 71.9 cm³/mol. The first kappa shape index (κ1) is 15.0. The van der Waals surface area contributed by atoms with E-state index in [1.165, 1.54) is 0 Å². The van der Waals surface area contributed by atoms with E-state index in [1.807, 2.05) is 24.3 Å². The lowest BCUT2D eigenvalue weighted by Crippen LogP contribution is -2.29. The smallest absolute Gasteiger partial charge is 0.233 e. The monoisotopic (exact) mass is 270 g/mol. The van der Waals surface area contributed by atoms with E-state index in [9.17, 15) is 4.79 Å². The summed E-state index contributed by atoms with van der Waals surface area (Å²) in [6, 6.07) is 7.63. The van der Waals surface area contributed by atoms with Gasteiger partial charge in [-0.2, -0.15) is 0 Å².